The number of carbonyl (C=O) groups excluding carboxylic acids is 2. The van der Waals surface area contributed by atoms with E-state index in [0.29, 0.717) is 59.3 Å². The number of esters is 1. The molecule has 1 amide bonds. The van der Waals surface area contributed by atoms with Crippen LogP contribution in [0.1, 0.15) is 25.3 Å². The second-order valence-corrected chi connectivity index (χ2v) is 8.69. The quantitative estimate of drug-likeness (QED) is 0.637. The molecule has 2 aromatic rings. The van der Waals surface area contributed by atoms with Crippen LogP contribution in [0.2, 0.25) is 5.02 Å². The predicted molar refractivity (Wildman–Crippen MR) is 126 cm³/mol. The number of piperidine rings is 1. The van der Waals surface area contributed by atoms with Crippen LogP contribution in [0.25, 0.3) is 0 Å². The molecule has 33 heavy (non-hydrogen) atoms. The van der Waals surface area contributed by atoms with Gasteiger partial charge in [-0.25, -0.2) is 4.79 Å². The van der Waals surface area contributed by atoms with E-state index in [9.17, 15) is 9.59 Å². The van der Waals surface area contributed by atoms with Crippen molar-refractivity contribution in [3.05, 3.63) is 64.2 Å². The zero-order chi connectivity index (χ0) is 23.6. The Kier molecular flexibility index (Phi) is 6.63. The summed E-state index contributed by atoms with van der Waals surface area (Å²) in [5.41, 5.74) is 1.40. The van der Waals surface area contributed by atoms with E-state index < -0.39 is 17.5 Å². The number of amides is 1. The number of benzene rings is 2. The monoisotopic (exact) mass is 470 g/mol. The molecule has 0 aromatic heterocycles. The van der Waals surface area contributed by atoms with Crippen molar-refractivity contribution in [1.29, 1.82) is 0 Å². The van der Waals surface area contributed by atoms with E-state index in [1.807, 2.05) is 18.2 Å². The summed E-state index contributed by atoms with van der Waals surface area (Å²) in [6, 6.07) is 13.4. The molecule has 0 bridgehead atoms. The molecule has 0 saturated carbocycles. The van der Waals surface area contributed by atoms with Gasteiger partial charge >= 0.3 is 5.97 Å². The summed E-state index contributed by atoms with van der Waals surface area (Å²) in [6.45, 7) is 3.88. The number of anilines is 1. The van der Waals surface area contributed by atoms with Crippen molar-refractivity contribution in [1.82, 2.24) is 4.90 Å². The summed E-state index contributed by atoms with van der Waals surface area (Å²) < 4.78 is 16.4. The fourth-order valence-corrected chi connectivity index (χ4v) is 4.78. The SMILES string of the molecule is COc1cc(OC)c(NC(=O)C2=C(C)C(=O)OC23CCN(Cc2ccccc2)CC3)cc1Cl. The standard InChI is InChI=1S/C25H27ClN2O5/c1-16-22(23(29)27-19-13-18(26)20(31-2)14-21(19)32-3)25(33-24(16)30)9-11-28(12-10-25)15-17-7-5-4-6-8-17/h4-8,13-14H,9-12,15H2,1-3H3,(H,27,29). The highest BCUT2D eigenvalue weighted by molar-refractivity contribution is 6.32. The Labute approximate surface area is 198 Å². The number of halogens is 1. The fourth-order valence-electron chi connectivity index (χ4n) is 4.53. The van der Waals surface area contributed by atoms with Crippen molar-refractivity contribution in [2.75, 3.05) is 32.6 Å². The summed E-state index contributed by atoms with van der Waals surface area (Å²) >= 11 is 6.25. The summed E-state index contributed by atoms with van der Waals surface area (Å²) in [5.74, 6) is -0.00541. The van der Waals surface area contributed by atoms with E-state index in [2.05, 4.69) is 22.3 Å². The van der Waals surface area contributed by atoms with Crippen LogP contribution in [-0.4, -0.2) is 49.7 Å². The Morgan fingerprint density at radius 2 is 1.79 bits per heavy atom. The van der Waals surface area contributed by atoms with Crippen molar-refractivity contribution in [2.24, 2.45) is 0 Å². The minimum Gasteiger partial charge on any atom is -0.495 e. The lowest BCUT2D eigenvalue weighted by Crippen LogP contribution is -2.47. The number of rotatable bonds is 6. The lowest BCUT2D eigenvalue weighted by atomic mass is 9.82. The smallest absolute Gasteiger partial charge is 0.335 e. The second kappa shape index (κ2) is 9.45. The van der Waals surface area contributed by atoms with Gasteiger partial charge in [0.1, 0.15) is 17.1 Å². The zero-order valence-corrected chi connectivity index (χ0v) is 19.7. The summed E-state index contributed by atoms with van der Waals surface area (Å²) in [7, 11) is 3.00. The van der Waals surface area contributed by atoms with Crippen molar-refractivity contribution in [3.8, 4) is 11.5 Å². The van der Waals surface area contributed by atoms with Gasteiger partial charge in [-0.3, -0.25) is 9.69 Å². The highest BCUT2D eigenvalue weighted by Gasteiger charge is 2.50. The first kappa shape index (κ1) is 23.1. The maximum atomic E-state index is 13.4. The van der Waals surface area contributed by atoms with Gasteiger partial charge in [0.2, 0.25) is 0 Å². The molecule has 0 aliphatic carbocycles. The van der Waals surface area contributed by atoms with Crippen LogP contribution in [0.4, 0.5) is 5.69 Å². The number of hydrogen-bond donors (Lipinski definition) is 1. The molecule has 4 rings (SSSR count). The van der Waals surface area contributed by atoms with Crippen LogP contribution < -0.4 is 14.8 Å². The summed E-state index contributed by atoms with van der Waals surface area (Å²) in [5, 5.41) is 3.20. The van der Waals surface area contributed by atoms with Crippen molar-refractivity contribution in [2.45, 2.75) is 31.9 Å². The Hall–Kier alpha value is -3.03. The minimum absolute atomic E-state index is 0.335. The number of likely N-dealkylation sites (tertiary alicyclic amines) is 1. The molecule has 0 atom stereocenters. The van der Waals surface area contributed by atoms with Crippen molar-refractivity contribution < 1.29 is 23.8 Å². The van der Waals surface area contributed by atoms with Gasteiger partial charge in [0, 0.05) is 44.1 Å². The maximum absolute atomic E-state index is 13.4. The van der Waals surface area contributed by atoms with E-state index in [1.165, 1.54) is 19.8 Å². The molecule has 2 heterocycles. The van der Waals surface area contributed by atoms with E-state index in [0.717, 1.165) is 6.54 Å². The van der Waals surface area contributed by atoms with Crippen LogP contribution in [0.3, 0.4) is 0 Å². The first-order chi connectivity index (χ1) is 15.9. The van der Waals surface area contributed by atoms with E-state index in [-0.39, 0.29) is 0 Å². The molecule has 1 N–H and O–H groups in total. The molecule has 1 spiro atoms. The van der Waals surface area contributed by atoms with Crippen LogP contribution in [-0.2, 0) is 20.9 Å². The number of carbonyl (C=O) groups is 2. The predicted octanol–water partition coefficient (Wildman–Crippen LogP) is 4.20. The maximum Gasteiger partial charge on any atom is 0.335 e. The normalized spacial score (nSPS) is 17.8. The van der Waals surface area contributed by atoms with Gasteiger partial charge in [-0.15, -0.1) is 0 Å². The van der Waals surface area contributed by atoms with E-state index in [4.69, 9.17) is 25.8 Å². The van der Waals surface area contributed by atoms with Crippen LogP contribution in [0.5, 0.6) is 11.5 Å². The molecular formula is C25H27ClN2O5. The molecule has 2 aliphatic rings. The molecule has 2 aromatic carbocycles. The van der Waals surface area contributed by atoms with Crippen molar-refractivity contribution in [3.63, 3.8) is 0 Å². The Bertz CT molecular complexity index is 1090. The number of methoxy groups -OCH3 is 2. The number of hydrogen-bond acceptors (Lipinski definition) is 6. The highest BCUT2D eigenvalue weighted by Crippen LogP contribution is 2.43. The topological polar surface area (TPSA) is 77.1 Å². The van der Waals surface area contributed by atoms with E-state index in [1.54, 1.807) is 19.1 Å². The number of nitrogens with one attached hydrogen (secondary N) is 1. The highest BCUT2D eigenvalue weighted by atomic mass is 35.5. The molecule has 0 radical (unpaired) electrons. The average Bonchev–Trinajstić information content (AvgIpc) is 3.05. The van der Waals surface area contributed by atoms with Gasteiger partial charge < -0.3 is 19.5 Å². The first-order valence-corrected chi connectivity index (χ1v) is 11.2. The second-order valence-electron chi connectivity index (χ2n) is 8.29. The van der Waals surface area contributed by atoms with Gasteiger partial charge in [-0.1, -0.05) is 41.9 Å². The third-order valence-corrected chi connectivity index (χ3v) is 6.58. The molecule has 2 aliphatic heterocycles. The largest absolute Gasteiger partial charge is 0.495 e. The molecule has 174 valence electrons. The Morgan fingerprint density at radius 1 is 1.12 bits per heavy atom. The Balaban J connectivity index is 1.53. The lowest BCUT2D eigenvalue weighted by Gasteiger charge is -2.39. The summed E-state index contributed by atoms with van der Waals surface area (Å²) in [4.78, 5) is 28.2. The molecule has 7 nitrogen and oxygen atoms in total. The fraction of sp³-hybridized carbons (Fsp3) is 0.360. The van der Waals surface area contributed by atoms with Gasteiger partial charge in [0.05, 0.1) is 30.5 Å². The molecule has 1 saturated heterocycles. The number of ether oxygens (including phenoxy) is 3. The third-order valence-electron chi connectivity index (χ3n) is 6.29. The van der Waals surface area contributed by atoms with Gasteiger partial charge in [-0.2, -0.15) is 0 Å². The molecule has 1 fully saturated rings. The van der Waals surface area contributed by atoms with Crippen LogP contribution >= 0.6 is 11.6 Å². The van der Waals surface area contributed by atoms with Crippen LogP contribution in [0, 0.1) is 0 Å². The molecule has 0 unspecified atom stereocenters. The minimum atomic E-state index is -0.929. The Morgan fingerprint density at radius 3 is 2.42 bits per heavy atom. The summed E-state index contributed by atoms with van der Waals surface area (Å²) in [6.07, 6.45) is 1.10. The lowest BCUT2D eigenvalue weighted by molar-refractivity contribution is -0.150. The third kappa shape index (κ3) is 4.56. The van der Waals surface area contributed by atoms with Crippen LogP contribution in [0.15, 0.2) is 53.6 Å². The van der Waals surface area contributed by atoms with Gasteiger partial charge in [0.25, 0.3) is 5.91 Å². The molecular weight excluding hydrogens is 444 g/mol. The average molecular weight is 471 g/mol. The van der Waals surface area contributed by atoms with Gasteiger partial charge in [-0.05, 0) is 18.6 Å². The van der Waals surface area contributed by atoms with Crippen molar-refractivity contribution >= 4 is 29.2 Å². The zero-order valence-electron chi connectivity index (χ0n) is 18.9. The number of nitrogens with zero attached hydrogens (tertiary/aromatic N) is 1. The van der Waals surface area contributed by atoms with Gasteiger partial charge in [0.15, 0.2) is 0 Å². The molecule has 8 heteroatoms. The first-order valence-electron chi connectivity index (χ1n) is 10.8. The van der Waals surface area contributed by atoms with E-state index >= 15 is 0 Å².